The molecule has 18 heavy (non-hydrogen) atoms. The summed E-state index contributed by atoms with van der Waals surface area (Å²) in [5, 5.41) is 2.72. The third-order valence-corrected chi connectivity index (χ3v) is 2.49. The monoisotopic (exact) mass is 248 g/mol. The van der Waals surface area contributed by atoms with Crippen LogP contribution in [-0.4, -0.2) is 18.4 Å². The predicted octanol–water partition coefficient (Wildman–Crippen LogP) is 2.58. The molecule has 1 rings (SSSR count). The Balaban J connectivity index is 2.19. The van der Waals surface area contributed by atoms with Gasteiger partial charge in [0.2, 0.25) is 0 Å². The molecule has 1 radical (unpaired) electrons. The van der Waals surface area contributed by atoms with E-state index in [2.05, 4.69) is 5.32 Å². The summed E-state index contributed by atoms with van der Waals surface area (Å²) in [5.74, 6) is 0. The smallest absolute Gasteiger partial charge is 0.407 e. The fourth-order valence-corrected chi connectivity index (χ4v) is 1.52. The van der Waals surface area contributed by atoms with Gasteiger partial charge in [0.05, 0.1) is 0 Å². The van der Waals surface area contributed by atoms with Crippen LogP contribution >= 0.6 is 0 Å². The van der Waals surface area contributed by atoms with E-state index in [0.717, 1.165) is 18.4 Å². The van der Waals surface area contributed by atoms with Crippen molar-refractivity contribution < 1.29 is 14.3 Å². The number of carbonyl (C=O) groups excluding carboxylic acids is 2. The number of hydrogen-bond acceptors (Lipinski definition) is 3. The molecule has 0 saturated heterocycles. The highest BCUT2D eigenvalue weighted by Gasteiger charge is 2.07. The van der Waals surface area contributed by atoms with Crippen LogP contribution in [0.25, 0.3) is 0 Å². The summed E-state index contributed by atoms with van der Waals surface area (Å²) in [7, 11) is 0. The van der Waals surface area contributed by atoms with Gasteiger partial charge in [-0.2, -0.15) is 0 Å². The van der Waals surface area contributed by atoms with Gasteiger partial charge in [-0.15, -0.1) is 0 Å². The maximum absolute atomic E-state index is 11.4. The van der Waals surface area contributed by atoms with Crippen molar-refractivity contribution in [3.8, 4) is 0 Å². The van der Waals surface area contributed by atoms with Gasteiger partial charge < -0.3 is 10.1 Å². The lowest BCUT2D eigenvalue weighted by Gasteiger charge is -2.13. The summed E-state index contributed by atoms with van der Waals surface area (Å²) in [6.07, 6.45) is 3.28. The van der Waals surface area contributed by atoms with E-state index >= 15 is 0 Å². The molecule has 0 fully saturated rings. The molecule has 0 aliphatic heterocycles. The molecular formula is C14H18NO3. The van der Waals surface area contributed by atoms with Crippen molar-refractivity contribution in [3.63, 3.8) is 0 Å². The highest BCUT2D eigenvalue weighted by Crippen LogP contribution is 2.02. The first-order valence-corrected chi connectivity index (χ1v) is 6.04. The minimum absolute atomic E-state index is 0.00150. The molecule has 1 atom stereocenters. The second-order valence-corrected chi connectivity index (χ2v) is 4.14. The SMILES string of the molecule is CC(CCC[C]=O)NC(=O)OCc1ccccc1. The number of hydrogen-bond donors (Lipinski definition) is 1. The van der Waals surface area contributed by atoms with Crippen LogP contribution in [0.4, 0.5) is 4.79 Å². The van der Waals surface area contributed by atoms with Gasteiger partial charge in [-0.3, -0.25) is 4.79 Å². The third kappa shape index (κ3) is 6.03. The van der Waals surface area contributed by atoms with Crippen molar-refractivity contribution in [2.24, 2.45) is 0 Å². The first kappa shape index (κ1) is 14.2. The molecule has 4 heteroatoms. The number of alkyl carbamates (subject to hydrolysis) is 1. The van der Waals surface area contributed by atoms with Gasteiger partial charge >= 0.3 is 6.09 Å². The minimum atomic E-state index is -0.429. The topological polar surface area (TPSA) is 55.4 Å². The zero-order valence-corrected chi connectivity index (χ0v) is 10.5. The molecule has 1 aromatic rings. The van der Waals surface area contributed by atoms with Crippen LogP contribution in [-0.2, 0) is 16.1 Å². The van der Waals surface area contributed by atoms with Crippen molar-refractivity contribution in [3.05, 3.63) is 35.9 Å². The van der Waals surface area contributed by atoms with Crippen LogP contribution in [0.3, 0.4) is 0 Å². The van der Waals surface area contributed by atoms with Crippen LogP contribution in [0.5, 0.6) is 0 Å². The molecule has 1 aromatic carbocycles. The van der Waals surface area contributed by atoms with E-state index in [9.17, 15) is 9.59 Å². The van der Waals surface area contributed by atoms with Gasteiger partial charge in [-0.05, 0) is 25.3 Å². The Morgan fingerprint density at radius 1 is 1.39 bits per heavy atom. The maximum Gasteiger partial charge on any atom is 0.407 e. The zero-order valence-electron chi connectivity index (χ0n) is 10.5. The number of unbranched alkanes of at least 4 members (excludes halogenated alkanes) is 1. The Labute approximate surface area is 107 Å². The Kier molecular flexibility index (Phi) is 6.54. The summed E-state index contributed by atoms with van der Waals surface area (Å²) in [5.41, 5.74) is 0.954. The van der Waals surface area contributed by atoms with E-state index in [0.29, 0.717) is 6.42 Å². The van der Waals surface area contributed by atoms with Gasteiger partial charge in [0.15, 0.2) is 6.29 Å². The Bertz CT molecular complexity index is 365. The van der Waals surface area contributed by atoms with Crippen molar-refractivity contribution in [1.29, 1.82) is 0 Å². The second-order valence-electron chi connectivity index (χ2n) is 4.14. The number of carbonyl (C=O) groups is 1. The number of benzene rings is 1. The van der Waals surface area contributed by atoms with E-state index in [1.807, 2.05) is 43.5 Å². The molecule has 0 aliphatic rings. The minimum Gasteiger partial charge on any atom is -0.445 e. The Hall–Kier alpha value is -1.84. The van der Waals surface area contributed by atoms with Crippen molar-refractivity contribution in [1.82, 2.24) is 5.32 Å². The first-order valence-electron chi connectivity index (χ1n) is 6.04. The molecule has 0 heterocycles. The van der Waals surface area contributed by atoms with Crippen molar-refractivity contribution >= 4 is 12.4 Å². The molecular weight excluding hydrogens is 230 g/mol. The van der Waals surface area contributed by atoms with Crippen LogP contribution in [0.15, 0.2) is 30.3 Å². The molecule has 1 unspecified atom stereocenters. The first-order chi connectivity index (χ1) is 8.72. The molecule has 1 amide bonds. The number of amides is 1. The fourth-order valence-electron chi connectivity index (χ4n) is 1.52. The summed E-state index contributed by atoms with van der Waals surface area (Å²) in [4.78, 5) is 21.5. The number of nitrogens with one attached hydrogen (secondary N) is 1. The second kappa shape index (κ2) is 8.28. The highest BCUT2D eigenvalue weighted by molar-refractivity contribution is 5.67. The van der Waals surface area contributed by atoms with Crippen LogP contribution < -0.4 is 5.32 Å². The Morgan fingerprint density at radius 3 is 2.78 bits per heavy atom. The van der Waals surface area contributed by atoms with Gasteiger partial charge in [-0.1, -0.05) is 30.3 Å². The largest absolute Gasteiger partial charge is 0.445 e. The lowest BCUT2D eigenvalue weighted by molar-refractivity contribution is 0.136. The van der Waals surface area contributed by atoms with Gasteiger partial charge in [0.25, 0.3) is 0 Å². The molecule has 0 spiro atoms. The zero-order chi connectivity index (χ0) is 13.2. The highest BCUT2D eigenvalue weighted by atomic mass is 16.5. The summed E-state index contributed by atoms with van der Waals surface area (Å²) in [6, 6.07) is 9.51. The van der Waals surface area contributed by atoms with E-state index in [4.69, 9.17) is 4.74 Å². The quantitative estimate of drug-likeness (QED) is 0.754. The summed E-state index contributed by atoms with van der Waals surface area (Å²) in [6.45, 7) is 2.15. The average Bonchev–Trinajstić information content (AvgIpc) is 2.38. The van der Waals surface area contributed by atoms with Gasteiger partial charge in [0.1, 0.15) is 6.61 Å². The standard InChI is InChI=1S/C14H18NO3/c1-12(7-5-6-10-16)15-14(17)18-11-13-8-3-2-4-9-13/h2-4,8-9,12H,5-7,11H2,1H3,(H,15,17). The maximum atomic E-state index is 11.4. The number of rotatable bonds is 7. The van der Waals surface area contributed by atoms with Crippen molar-refractivity contribution in [2.75, 3.05) is 0 Å². The van der Waals surface area contributed by atoms with E-state index in [-0.39, 0.29) is 12.6 Å². The van der Waals surface area contributed by atoms with Crippen molar-refractivity contribution in [2.45, 2.75) is 38.8 Å². The third-order valence-electron chi connectivity index (χ3n) is 2.49. The number of ether oxygens (including phenoxy) is 1. The summed E-state index contributed by atoms with van der Waals surface area (Å²) < 4.78 is 5.08. The normalized spacial score (nSPS) is 11.6. The van der Waals surface area contributed by atoms with Gasteiger partial charge in [-0.25, -0.2) is 4.79 Å². The van der Waals surface area contributed by atoms with E-state index in [1.54, 1.807) is 0 Å². The van der Waals surface area contributed by atoms with Crippen LogP contribution in [0, 0.1) is 0 Å². The molecule has 1 N–H and O–H groups in total. The predicted molar refractivity (Wildman–Crippen MR) is 68.8 cm³/mol. The summed E-state index contributed by atoms with van der Waals surface area (Å²) >= 11 is 0. The lowest BCUT2D eigenvalue weighted by Crippen LogP contribution is -2.32. The molecule has 0 aliphatic carbocycles. The Morgan fingerprint density at radius 2 is 2.11 bits per heavy atom. The molecule has 0 bridgehead atoms. The average molecular weight is 248 g/mol. The van der Waals surface area contributed by atoms with E-state index in [1.165, 1.54) is 0 Å². The molecule has 0 saturated carbocycles. The van der Waals surface area contributed by atoms with Crippen LogP contribution in [0.2, 0.25) is 0 Å². The molecule has 4 nitrogen and oxygen atoms in total. The van der Waals surface area contributed by atoms with E-state index < -0.39 is 6.09 Å². The lowest BCUT2D eigenvalue weighted by atomic mass is 10.1. The van der Waals surface area contributed by atoms with Crippen LogP contribution in [0.1, 0.15) is 31.7 Å². The fraction of sp³-hybridized carbons (Fsp3) is 0.429. The van der Waals surface area contributed by atoms with Gasteiger partial charge in [0, 0.05) is 12.5 Å². The molecule has 97 valence electrons. The molecule has 0 aromatic heterocycles.